The Morgan fingerprint density at radius 3 is 2.65 bits per heavy atom. The maximum Gasteiger partial charge on any atom is 0.352 e. The number of hydrogen-bond donors (Lipinski definition) is 3. The van der Waals surface area contributed by atoms with E-state index in [1.54, 1.807) is 0 Å². The smallest absolute Gasteiger partial charge is 0.352 e. The van der Waals surface area contributed by atoms with E-state index in [-0.39, 0.29) is 12.2 Å². The molecule has 0 amide bonds. The van der Waals surface area contributed by atoms with Crippen molar-refractivity contribution < 1.29 is 18.3 Å². The second-order valence-electron chi connectivity index (χ2n) is 4.61. The quantitative estimate of drug-likeness (QED) is 0.778. The molecule has 7 heteroatoms. The van der Waals surface area contributed by atoms with Gasteiger partial charge in [-0.3, -0.25) is 0 Å². The monoisotopic (exact) mass is 296 g/mol. The molecule has 2 rings (SSSR count). The summed E-state index contributed by atoms with van der Waals surface area (Å²) >= 11 is 0. The maximum atomic E-state index is 11.3. The van der Waals surface area contributed by atoms with Crippen LogP contribution in [0.3, 0.4) is 0 Å². The molecule has 0 aliphatic rings. The molecule has 0 saturated carbocycles. The van der Waals surface area contributed by atoms with E-state index in [0.29, 0.717) is 11.1 Å². The number of H-pyrrole nitrogens is 1. The number of nitrogens with one attached hydrogen (secondary N) is 2. The molecule has 0 bridgehead atoms. The van der Waals surface area contributed by atoms with E-state index < -0.39 is 16.0 Å². The number of aryl methyl sites for hydroxylation is 1. The molecule has 0 fully saturated rings. The number of sulfonamides is 1. The van der Waals surface area contributed by atoms with Crippen molar-refractivity contribution >= 4 is 26.9 Å². The second-order valence-corrected chi connectivity index (χ2v) is 6.44. The van der Waals surface area contributed by atoms with Crippen LogP contribution in [0.1, 0.15) is 28.5 Å². The van der Waals surface area contributed by atoms with Crippen LogP contribution in [0.25, 0.3) is 10.9 Å². The first kappa shape index (κ1) is 14.5. The van der Waals surface area contributed by atoms with E-state index >= 15 is 0 Å². The fourth-order valence-electron chi connectivity index (χ4n) is 2.08. The van der Waals surface area contributed by atoms with Crippen LogP contribution in [0.2, 0.25) is 0 Å². The predicted molar refractivity (Wildman–Crippen MR) is 76.3 cm³/mol. The molecule has 1 aromatic heterocycles. The second kappa shape index (κ2) is 5.26. The Kier molecular flexibility index (Phi) is 3.82. The summed E-state index contributed by atoms with van der Waals surface area (Å²) < 4.78 is 24.7. The SMILES string of the molecule is CCc1ccc2[nH]c(C(=O)O)c(CNS(C)(=O)=O)c2c1. The third-order valence-electron chi connectivity index (χ3n) is 3.10. The van der Waals surface area contributed by atoms with Crippen LogP contribution in [-0.4, -0.2) is 30.7 Å². The molecule has 108 valence electrons. The Hall–Kier alpha value is -1.86. The highest BCUT2D eigenvalue weighted by atomic mass is 32.2. The Balaban J connectivity index is 2.57. The highest BCUT2D eigenvalue weighted by Crippen LogP contribution is 2.24. The van der Waals surface area contributed by atoms with E-state index in [1.807, 2.05) is 25.1 Å². The number of carboxylic acid groups (broad SMARTS) is 1. The van der Waals surface area contributed by atoms with Crippen molar-refractivity contribution in [2.45, 2.75) is 19.9 Å². The van der Waals surface area contributed by atoms with Crippen LogP contribution in [0.15, 0.2) is 18.2 Å². The Morgan fingerprint density at radius 1 is 1.40 bits per heavy atom. The van der Waals surface area contributed by atoms with E-state index in [0.717, 1.165) is 23.6 Å². The molecule has 20 heavy (non-hydrogen) atoms. The van der Waals surface area contributed by atoms with E-state index in [4.69, 9.17) is 0 Å². The van der Waals surface area contributed by atoms with Crippen LogP contribution < -0.4 is 4.72 Å². The van der Waals surface area contributed by atoms with Crippen LogP contribution in [0.4, 0.5) is 0 Å². The summed E-state index contributed by atoms with van der Waals surface area (Å²) in [5.41, 5.74) is 2.22. The van der Waals surface area contributed by atoms with Gasteiger partial charge in [-0.2, -0.15) is 0 Å². The number of aromatic nitrogens is 1. The minimum absolute atomic E-state index is 0.0180. The Morgan fingerprint density at radius 2 is 2.10 bits per heavy atom. The number of benzene rings is 1. The number of carbonyl (C=O) groups is 1. The largest absolute Gasteiger partial charge is 0.477 e. The van der Waals surface area contributed by atoms with Crippen molar-refractivity contribution in [1.82, 2.24) is 9.71 Å². The van der Waals surface area contributed by atoms with E-state index in [2.05, 4.69) is 9.71 Å². The lowest BCUT2D eigenvalue weighted by Crippen LogP contribution is -2.22. The number of fused-ring (bicyclic) bond motifs is 1. The molecule has 0 aliphatic carbocycles. The highest BCUT2D eigenvalue weighted by molar-refractivity contribution is 7.88. The molecule has 0 unspecified atom stereocenters. The molecular weight excluding hydrogens is 280 g/mol. The van der Waals surface area contributed by atoms with Gasteiger partial charge >= 0.3 is 5.97 Å². The van der Waals surface area contributed by atoms with Crippen molar-refractivity contribution in [2.75, 3.05) is 6.26 Å². The molecule has 0 saturated heterocycles. The summed E-state index contributed by atoms with van der Waals surface area (Å²) in [6.07, 6.45) is 1.86. The van der Waals surface area contributed by atoms with Crippen LogP contribution in [0, 0.1) is 0 Å². The van der Waals surface area contributed by atoms with Gasteiger partial charge in [-0.05, 0) is 24.1 Å². The van der Waals surface area contributed by atoms with Crippen LogP contribution in [-0.2, 0) is 23.0 Å². The number of carboxylic acids is 1. The zero-order chi connectivity index (χ0) is 14.9. The van der Waals surface area contributed by atoms with Crippen LogP contribution in [0.5, 0.6) is 0 Å². The fraction of sp³-hybridized carbons (Fsp3) is 0.308. The molecular formula is C13H16N2O4S. The zero-order valence-electron chi connectivity index (χ0n) is 11.2. The van der Waals surface area contributed by atoms with Gasteiger partial charge in [-0.25, -0.2) is 17.9 Å². The van der Waals surface area contributed by atoms with E-state index in [9.17, 15) is 18.3 Å². The summed E-state index contributed by atoms with van der Waals surface area (Å²) in [5.74, 6) is -1.11. The normalized spacial score (nSPS) is 11.9. The number of aromatic carboxylic acids is 1. The van der Waals surface area contributed by atoms with Crippen molar-refractivity contribution in [3.05, 3.63) is 35.0 Å². The van der Waals surface area contributed by atoms with E-state index in [1.165, 1.54) is 0 Å². The zero-order valence-corrected chi connectivity index (χ0v) is 12.0. The van der Waals surface area contributed by atoms with Crippen molar-refractivity contribution in [1.29, 1.82) is 0 Å². The molecule has 0 atom stereocenters. The lowest BCUT2D eigenvalue weighted by atomic mass is 10.1. The van der Waals surface area contributed by atoms with Gasteiger partial charge in [0.25, 0.3) is 0 Å². The highest BCUT2D eigenvalue weighted by Gasteiger charge is 2.18. The third-order valence-corrected chi connectivity index (χ3v) is 3.77. The van der Waals surface area contributed by atoms with Crippen molar-refractivity contribution in [3.63, 3.8) is 0 Å². The van der Waals surface area contributed by atoms with Gasteiger partial charge in [0.2, 0.25) is 10.0 Å². The Bertz CT molecular complexity index is 762. The fourth-order valence-corrected chi connectivity index (χ4v) is 2.49. The first-order chi connectivity index (χ1) is 9.31. The van der Waals surface area contributed by atoms with Crippen molar-refractivity contribution in [3.8, 4) is 0 Å². The van der Waals surface area contributed by atoms with Gasteiger partial charge in [0, 0.05) is 23.0 Å². The predicted octanol–water partition coefficient (Wildman–Crippen LogP) is 1.48. The minimum atomic E-state index is -3.38. The Labute approximate surface area is 116 Å². The summed E-state index contributed by atoms with van der Waals surface area (Å²) in [7, 11) is -3.38. The molecule has 1 heterocycles. The number of rotatable bonds is 5. The van der Waals surface area contributed by atoms with Gasteiger partial charge < -0.3 is 10.1 Å². The molecule has 3 N–H and O–H groups in total. The summed E-state index contributed by atoms with van der Waals surface area (Å²) in [5, 5.41) is 9.95. The summed E-state index contributed by atoms with van der Waals surface area (Å²) in [4.78, 5) is 14.1. The van der Waals surface area contributed by atoms with Crippen molar-refractivity contribution in [2.24, 2.45) is 0 Å². The third kappa shape index (κ3) is 3.00. The average Bonchev–Trinajstić information content (AvgIpc) is 2.73. The number of aromatic amines is 1. The molecule has 0 radical (unpaired) electrons. The molecule has 6 nitrogen and oxygen atoms in total. The lowest BCUT2D eigenvalue weighted by molar-refractivity contribution is 0.0690. The maximum absolute atomic E-state index is 11.3. The van der Waals surface area contributed by atoms with Gasteiger partial charge in [0.1, 0.15) is 5.69 Å². The minimum Gasteiger partial charge on any atom is -0.477 e. The number of hydrogen-bond acceptors (Lipinski definition) is 3. The molecule has 0 aliphatic heterocycles. The average molecular weight is 296 g/mol. The van der Waals surface area contributed by atoms with Gasteiger partial charge in [-0.15, -0.1) is 0 Å². The molecule has 1 aromatic carbocycles. The van der Waals surface area contributed by atoms with Gasteiger partial charge in [0.05, 0.1) is 6.26 Å². The van der Waals surface area contributed by atoms with Crippen LogP contribution >= 0.6 is 0 Å². The summed E-state index contributed by atoms with van der Waals surface area (Å²) in [6, 6.07) is 5.61. The lowest BCUT2D eigenvalue weighted by Gasteiger charge is -2.04. The topological polar surface area (TPSA) is 99.3 Å². The van der Waals surface area contributed by atoms with Gasteiger partial charge in [-0.1, -0.05) is 13.0 Å². The standard InChI is InChI=1S/C13H16N2O4S/c1-3-8-4-5-11-9(6-8)10(7-14-20(2,18)19)12(15-11)13(16)17/h4-6,14-15H,3,7H2,1-2H3,(H,16,17). The molecule has 0 spiro atoms. The molecule has 2 aromatic rings. The summed E-state index contributed by atoms with van der Waals surface area (Å²) in [6.45, 7) is 1.95. The first-order valence-electron chi connectivity index (χ1n) is 6.13. The van der Waals surface area contributed by atoms with Gasteiger partial charge in [0.15, 0.2) is 0 Å². The first-order valence-corrected chi connectivity index (χ1v) is 8.02.